The average molecular weight is 324 g/mol. The number of hydrogen-bond donors (Lipinski definition) is 1. The fraction of sp³-hybridized carbons (Fsp3) is 0.389. The first kappa shape index (κ1) is 16.1. The number of hydrogen-bond acceptors (Lipinski definition) is 6. The molecule has 0 radical (unpaired) electrons. The van der Waals surface area contributed by atoms with Crippen molar-refractivity contribution in [3.05, 3.63) is 30.3 Å². The zero-order valence-electron chi connectivity index (χ0n) is 13.7. The lowest BCUT2D eigenvalue weighted by atomic mass is 9.83. The highest BCUT2D eigenvalue weighted by Crippen LogP contribution is 2.33. The maximum atomic E-state index is 8.58. The highest BCUT2D eigenvalue weighted by atomic mass is 16.5. The summed E-state index contributed by atoms with van der Waals surface area (Å²) in [5, 5.41) is 19.1. The Hall–Kier alpha value is -2.81. The molecule has 2 aromatic rings. The summed E-state index contributed by atoms with van der Waals surface area (Å²) >= 11 is 0. The molecule has 1 N–H and O–H groups in total. The third-order valence-corrected chi connectivity index (χ3v) is 4.32. The molecule has 0 amide bonds. The molecule has 24 heavy (non-hydrogen) atoms. The van der Waals surface area contributed by atoms with Crippen LogP contribution in [0.2, 0.25) is 0 Å². The number of methoxy groups -OCH3 is 1. The molecular weight excluding hydrogens is 304 g/mol. The Bertz CT molecular complexity index is 721. The second-order valence-electron chi connectivity index (χ2n) is 5.84. The quantitative estimate of drug-likeness (QED) is 0.619. The zero-order valence-corrected chi connectivity index (χ0v) is 13.7. The number of nitriles is 1. The molecule has 0 saturated heterocycles. The first-order valence-electron chi connectivity index (χ1n) is 8.10. The highest BCUT2D eigenvalue weighted by molar-refractivity contribution is 5.64. The third kappa shape index (κ3) is 3.74. The van der Waals surface area contributed by atoms with Gasteiger partial charge in [-0.05, 0) is 42.7 Å². The zero-order chi connectivity index (χ0) is 16.8. The molecule has 0 aliphatic heterocycles. The minimum atomic E-state index is 0.423. The van der Waals surface area contributed by atoms with Gasteiger partial charge < -0.3 is 9.47 Å². The van der Waals surface area contributed by atoms with Crippen LogP contribution in [-0.4, -0.2) is 23.9 Å². The van der Waals surface area contributed by atoms with E-state index in [1.807, 2.05) is 30.5 Å². The van der Waals surface area contributed by atoms with E-state index in [-0.39, 0.29) is 0 Å². The van der Waals surface area contributed by atoms with Crippen LogP contribution in [0.1, 0.15) is 25.7 Å². The Morgan fingerprint density at radius 2 is 2.08 bits per heavy atom. The van der Waals surface area contributed by atoms with Gasteiger partial charge in [-0.25, -0.2) is 0 Å². The SMILES string of the molecule is COc1ccc(-c2ccc(NC#N)nn2)cc1OCCC1CCC1. The van der Waals surface area contributed by atoms with Crippen LogP contribution < -0.4 is 14.8 Å². The minimum absolute atomic E-state index is 0.423. The van der Waals surface area contributed by atoms with Gasteiger partial charge in [-0.15, -0.1) is 10.2 Å². The second-order valence-corrected chi connectivity index (χ2v) is 5.84. The molecule has 0 spiro atoms. The van der Waals surface area contributed by atoms with E-state index < -0.39 is 0 Å². The third-order valence-electron chi connectivity index (χ3n) is 4.32. The van der Waals surface area contributed by atoms with Gasteiger partial charge in [0, 0.05) is 5.56 Å². The van der Waals surface area contributed by atoms with Crippen LogP contribution in [0.4, 0.5) is 5.82 Å². The summed E-state index contributed by atoms with van der Waals surface area (Å²) < 4.78 is 11.3. The van der Waals surface area contributed by atoms with Crippen molar-refractivity contribution in [2.24, 2.45) is 5.92 Å². The van der Waals surface area contributed by atoms with Crippen LogP contribution >= 0.6 is 0 Å². The minimum Gasteiger partial charge on any atom is -0.493 e. The number of aromatic nitrogens is 2. The second kappa shape index (κ2) is 7.64. The Kier molecular flexibility index (Phi) is 5.12. The van der Waals surface area contributed by atoms with Crippen LogP contribution in [-0.2, 0) is 0 Å². The number of rotatable bonds is 7. The van der Waals surface area contributed by atoms with Crippen molar-refractivity contribution in [3.8, 4) is 28.9 Å². The fourth-order valence-corrected chi connectivity index (χ4v) is 2.68. The molecule has 0 bridgehead atoms. The van der Waals surface area contributed by atoms with Gasteiger partial charge in [0.2, 0.25) is 0 Å². The van der Waals surface area contributed by atoms with Crippen molar-refractivity contribution in [2.75, 3.05) is 19.0 Å². The Morgan fingerprint density at radius 1 is 1.21 bits per heavy atom. The molecule has 1 aromatic heterocycles. The molecule has 1 aliphatic rings. The molecule has 1 saturated carbocycles. The summed E-state index contributed by atoms with van der Waals surface area (Å²) in [7, 11) is 1.63. The molecule has 124 valence electrons. The van der Waals surface area contributed by atoms with Crippen molar-refractivity contribution in [2.45, 2.75) is 25.7 Å². The number of anilines is 1. The van der Waals surface area contributed by atoms with Gasteiger partial charge >= 0.3 is 0 Å². The van der Waals surface area contributed by atoms with Crippen LogP contribution in [0.25, 0.3) is 11.3 Å². The first-order chi connectivity index (χ1) is 11.8. The van der Waals surface area contributed by atoms with E-state index in [2.05, 4.69) is 15.5 Å². The standard InChI is InChI=1S/C18H20N4O2/c1-23-16-7-5-14(15-6-8-18(20-12-19)22-21-15)11-17(16)24-10-9-13-3-2-4-13/h5-8,11,13H,2-4,9-10H2,1H3,(H,20,22). The number of benzene rings is 1. The normalized spacial score (nSPS) is 13.7. The number of nitrogens with one attached hydrogen (secondary N) is 1. The Labute approximate surface area is 141 Å². The fourth-order valence-electron chi connectivity index (χ4n) is 2.68. The molecule has 1 fully saturated rings. The summed E-state index contributed by atoms with van der Waals surface area (Å²) in [5.41, 5.74) is 1.61. The maximum absolute atomic E-state index is 8.58. The van der Waals surface area contributed by atoms with Crippen molar-refractivity contribution in [1.29, 1.82) is 5.26 Å². The predicted octanol–water partition coefficient (Wildman–Crippen LogP) is 3.61. The highest BCUT2D eigenvalue weighted by Gasteiger charge is 2.17. The maximum Gasteiger partial charge on any atom is 0.182 e. The van der Waals surface area contributed by atoms with E-state index >= 15 is 0 Å². The summed E-state index contributed by atoms with van der Waals surface area (Å²) in [5.74, 6) is 2.66. The molecule has 3 rings (SSSR count). The largest absolute Gasteiger partial charge is 0.493 e. The van der Waals surface area contributed by atoms with Crippen molar-refractivity contribution in [1.82, 2.24) is 10.2 Å². The van der Waals surface area contributed by atoms with Crippen LogP contribution in [0, 0.1) is 17.4 Å². The first-order valence-corrected chi connectivity index (χ1v) is 8.10. The smallest absolute Gasteiger partial charge is 0.182 e. The van der Waals surface area contributed by atoms with Crippen molar-refractivity contribution < 1.29 is 9.47 Å². The molecule has 1 aromatic carbocycles. The van der Waals surface area contributed by atoms with Crippen molar-refractivity contribution in [3.63, 3.8) is 0 Å². The van der Waals surface area contributed by atoms with Gasteiger partial charge in [0.15, 0.2) is 23.5 Å². The van der Waals surface area contributed by atoms with Crippen LogP contribution in [0.5, 0.6) is 11.5 Å². The molecule has 0 unspecified atom stereocenters. The topological polar surface area (TPSA) is 80.1 Å². The van der Waals surface area contributed by atoms with Crippen LogP contribution in [0.3, 0.4) is 0 Å². The molecule has 0 atom stereocenters. The van der Waals surface area contributed by atoms with Gasteiger partial charge in [-0.3, -0.25) is 5.32 Å². The van der Waals surface area contributed by atoms with Crippen LogP contribution in [0.15, 0.2) is 30.3 Å². The van der Waals surface area contributed by atoms with E-state index in [1.54, 1.807) is 13.2 Å². The summed E-state index contributed by atoms with van der Waals surface area (Å²) in [4.78, 5) is 0. The van der Waals surface area contributed by atoms with Gasteiger partial charge in [0.25, 0.3) is 0 Å². The van der Waals surface area contributed by atoms with Gasteiger partial charge in [0.05, 0.1) is 19.4 Å². The summed E-state index contributed by atoms with van der Waals surface area (Å²) in [6.07, 6.45) is 6.89. The Morgan fingerprint density at radius 3 is 2.71 bits per heavy atom. The van der Waals surface area contributed by atoms with E-state index in [1.165, 1.54) is 19.3 Å². The number of ether oxygens (including phenoxy) is 2. The van der Waals surface area contributed by atoms with Gasteiger partial charge in [-0.2, -0.15) is 5.26 Å². The lowest BCUT2D eigenvalue weighted by Gasteiger charge is -2.25. The summed E-state index contributed by atoms with van der Waals surface area (Å²) in [6.45, 7) is 0.696. The lowest BCUT2D eigenvalue weighted by molar-refractivity contribution is 0.216. The molecular formula is C18H20N4O2. The van der Waals surface area contributed by atoms with E-state index in [9.17, 15) is 0 Å². The predicted molar refractivity (Wildman–Crippen MR) is 90.7 cm³/mol. The average Bonchev–Trinajstić information content (AvgIpc) is 2.58. The summed E-state index contributed by atoms with van der Waals surface area (Å²) in [6, 6.07) is 9.23. The molecule has 1 heterocycles. The molecule has 6 heteroatoms. The Balaban J connectivity index is 1.73. The van der Waals surface area contributed by atoms with E-state index in [0.717, 1.165) is 23.7 Å². The lowest BCUT2D eigenvalue weighted by Crippen LogP contribution is -2.14. The monoisotopic (exact) mass is 324 g/mol. The molecule has 1 aliphatic carbocycles. The van der Waals surface area contributed by atoms with Crippen molar-refractivity contribution >= 4 is 5.82 Å². The van der Waals surface area contributed by atoms with E-state index in [4.69, 9.17) is 14.7 Å². The van der Waals surface area contributed by atoms with E-state index in [0.29, 0.717) is 23.9 Å². The number of nitrogens with zero attached hydrogens (tertiary/aromatic N) is 3. The molecule has 6 nitrogen and oxygen atoms in total. The van der Waals surface area contributed by atoms with Gasteiger partial charge in [0.1, 0.15) is 0 Å². The van der Waals surface area contributed by atoms with Gasteiger partial charge in [-0.1, -0.05) is 19.3 Å².